The molecule has 0 aromatic heterocycles. The number of anilines is 1. The van der Waals surface area contributed by atoms with Crippen LogP contribution in [0.1, 0.15) is 11.1 Å². The highest BCUT2D eigenvalue weighted by Crippen LogP contribution is 2.25. The zero-order chi connectivity index (χ0) is 14.4. The molecule has 20 heavy (non-hydrogen) atoms. The average Bonchev–Trinajstić information content (AvgIpc) is 2.48. The molecular weight excluding hydrogens is 316 g/mol. The second kappa shape index (κ2) is 7.43. The second-order valence-corrected chi connectivity index (χ2v) is 5.46. The SMILES string of the molecule is NCc1ccc(N(CCO)Cc2ccccc2)cc1Br. The van der Waals surface area contributed by atoms with Gasteiger partial charge in [0.1, 0.15) is 0 Å². The highest BCUT2D eigenvalue weighted by molar-refractivity contribution is 9.10. The van der Waals surface area contributed by atoms with Crippen LogP contribution >= 0.6 is 15.9 Å². The molecule has 2 rings (SSSR count). The lowest BCUT2D eigenvalue weighted by Gasteiger charge is -2.25. The van der Waals surface area contributed by atoms with Crippen molar-refractivity contribution in [2.75, 3.05) is 18.1 Å². The Morgan fingerprint density at radius 3 is 2.45 bits per heavy atom. The minimum absolute atomic E-state index is 0.128. The van der Waals surface area contributed by atoms with Crippen molar-refractivity contribution in [3.8, 4) is 0 Å². The number of aliphatic hydroxyl groups is 1. The van der Waals surface area contributed by atoms with Gasteiger partial charge in [0.15, 0.2) is 0 Å². The maximum absolute atomic E-state index is 9.27. The molecule has 0 atom stereocenters. The van der Waals surface area contributed by atoms with Gasteiger partial charge in [-0.25, -0.2) is 0 Å². The number of nitrogens with two attached hydrogens (primary N) is 1. The summed E-state index contributed by atoms with van der Waals surface area (Å²) in [6.07, 6.45) is 0. The van der Waals surface area contributed by atoms with Crippen molar-refractivity contribution in [2.45, 2.75) is 13.1 Å². The Labute approximate surface area is 128 Å². The lowest BCUT2D eigenvalue weighted by atomic mass is 10.1. The Balaban J connectivity index is 2.22. The van der Waals surface area contributed by atoms with Crippen molar-refractivity contribution in [2.24, 2.45) is 5.73 Å². The summed E-state index contributed by atoms with van der Waals surface area (Å²) < 4.78 is 1.01. The molecule has 0 aliphatic carbocycles. The molecular formula is C16H19BrN2O. The molecule has 0 radical (unpaired) electrons. The summed E-state index contributed by atoms with van der Waals surface area (Å²) in [5, 5.41) is 9.27. The van der Waals surface area contributed by atoms with E-state index in [0.717, 1.165) is 22.3 Å². The van der Waals surface area contributed by atoms with Gasteiger partial charge in [0, 0.05) is 29.8 Å². The highest BCUT2D eigenvalue weighted by atomic mass is 79.9. The van der Waals surface area contributed by atoms with Gasteiger partial charge in [-0.3, -0.25) is 0 Å². The highest BCUT2D eigenvalue weighted by Gasteiger charge is 2.09. The standard InChI is InChI=1S/C16H19BrN2O/c17-16-10-15(7-6-14(16)11-18)19(8-9-20)12-13-4-2-1-3-5-13/h1-7,10,20H,8-9,11-12,18H2. The molecule has 0 bridgehead atoms. The third kappa shape index (κ3) is 3.82. The molecule has 0 spiro atoms. The number of benzene rings is 2. The molecule has 2 aromatic rings. The van der Waals surface area contributed by atoms with Gasteiger partial charge in [0.2, 0.25) is 0 Å². The zero-order valence-electron chi connectivity index (χ0n) is 11.3. The van der Waals surface area contributed by atoms with E-state index in [1.807, 2.05) is 30.3 Å². The monoisotopic (exact) mass is 334 g/mol. The van der Waals surface area contributed by atoms with Crippen LogP contribution in [0.25, 0.3) is 0 Å². The van der Waals surface area contributed by atoms with Crippen molar-refractivity contribution < 1.29 is 5.11 Å². The Bertz CT molecular complexity index is 545. The van der Waals surface area contributed by atoms with Crippen molar-refractivity contribution in [3.05, 3.63) is 64.1 Å². The fourth-order valence-electron chi connectivity index (χ4n) is 2.12. The lowest BCUT2D eigenvalue weighted by molar-refractivity contribution is 0.301. The van der Waals surface area contributed by atoms with E-state index in [-0.39, 0.29) is 6.61 Å². The summed E-state index contributed by atoms with van der Waals surface area (Å²) in [5.74, 6) is 0. The molecule has 3 nitrogen and oxygen atoms in total. The zero-order valence-corrected chi connectivity index (χ0v) is 12.9. The minimum atomic E-state index is 0.128. The van der Waals surface area contributed by atoms with Gasteiger partial charge >= 0.3 is 0 Å². The summed E-state index contributed by atoms with van der Waals surface area (Å²) in [4.78, 5) is 2.15. The number of halogens is 1. The van der Waals surface area contributed by atoms with Crippen molar-refractivity contribution in [1.29, 1.82) is 0 Å². The Kier molecular flexibility index (Phi) is 5.59. The van der Waals surface area contributed by atoms with E-state index in [9.17, 15) is 5.11 Å². The van der Waals surface area contributed by atoms with E-state index in [2.05, 4.69) is 39.0 Å². The molecule has 4 heteroatoms. The van der Waals surface area contributed by atoms with Crippen LogP contribution in [0.2, 0.25) is 0 Å². The lowest BCUT2D eigenvalue weighted by Crippen LogP contribution is -2.26. The van der Waals surface area contributed by atoms with E-state index in [0.29, 0.717) is 13.1 Å². The Hall–Kier alpha value is -1.36. The number of hydrogen-bond acceptors (Lipinski definition) is 3. The molecule has 3 N–H and O–H groups in total. The van der Waals surface area contributed by atoms with Crippen LogP contribution in [0.5, 0.6) is 0 Å². The van der Waals surface area contributed by atoms with E-state index < -0.39 is 0 Å². The van der Waals surface area contributed by atoms with Crippen molar-refractivity contribution in [1.82, 2.24) is 0 Å². The molecule has 0 saturated carbocycles. The molecule has 0 aliphatic heterocycles. The van der Waals surface area contributed by atoms with Gasteiger partial charge in [-0.2, -0.15) is 0 Å². The molecule has 0 fully saturated rings. The van der Waals surface area contributed by atoms with Gasteiger partial charge in [-0.15, -0.1) is 0 Å². The van der Waals surface area contributed by atoms with Crippen LogP contribution in [-0.4, -0.2) is 18.3 Å². The maximum atomic E-state index is 9.27. The molecule has 0 saturated heterocycles. The van der Waals surface area contributed by atoms with Gasteiger partial charge in [-0.05, 0) is 23.3 Å². The summed E-state index contributed by atoms with van der Waals surface area (Å²) in [6.45, 7) is 2.02. The summed E-state index contributed by atoms with van der Waals surface area (Å²) in [6, 6.07) is 16.4. The third-order valence-electron chi connectivity index (χ3n) is 3.21. The van der Waals surface area contributed by atoms with Crippen molar-refractivity contribution in [3.63, 3.8) is 0 Å². The van der Waals surface area contributed by atoms with Crippen LogP contribution < -0.4 is 10.6 Å². The van der Waals surface area contributed by atoms with Gasteiger partial charge < -0.3 is 15.7 Å². The van der Waals surface area contributed by atoms with Gasteiger partial charge in [0.25, 0.3) is 0 Å². The summed E-state index contributed by atoms with van der Waals surface area (Å²) >= 11 is 3.54. The first-order valence-corrected chi connectivity index (χ1v) is 7.42. The Morgan fingerprint density at radius 1 is 1.10 bits per heavy atom. The topological polar surface area (TPSA) is 49.5 Å². The maximum Gasteiger partial charge on any atom is 0.0606 e. The smallest absolute Gasteiger partial charge is 0.0606 e. The first-order chi connectivity index (χ1) is 9.74. The van der Waals surface area contributed by atoms with E-state index in [4.69, 9.17) is 5.73 Å². The molecule has 0 aliphatic rings. The van der Waals surface area contributed by atoms with Crippen LogP contribution in [0, 0.1) is 0 Å². The van der Waals surface area contributed by atoms with Gasteiger partial charge in [0.05, 0.1) is 6.61 Å². The van der Waals surface area contributed by atoms with Crippen LogP contribution in [0.4, 0.5) is 5.69 Å². The number of aliphatic hydroxyl groups excluding tert-OH is 1. The first-order valence-electron chi connectivity index (χ1n) is 6.63. The summed E-state index contributed by atoms with van der Waals surface area (Å²) in [5.41, 5.74) is 9.05. The number of nitrogens with zero attached hydrogens (tertiary/aromatic N) is 1. The van der Waals surface area contributed by atoms with E-state index >= 15 is 0 Å². The summed E-state index contributed by atoms with van der Waals surface area (Å²) in [7, 11) is 0. The van der Waals surface area contributed by atoms with Crippen molar-refractivity contribution >= 4 is 21.6 Å². The molecule has 0 heterocycles. The van der Waals surface area contributed by atoms with Gasteiger partial charge in [-0.1, -0.05) is 52.3 Å². The minimum Gasteiger partial charge on any atom is -0.395 e. The number of hydrogen-bond donors (Lipinski definition) is 2. The fraction of sp³-hybridized carbons (Fsp3) is 0.250. The quantitative estimate of drug-likeness (QED) is 0.853. The van der Waals surface area contributed by atoms with E-state index in [1.54, 1.807) is 0 Å². The normalized spacial score (nSPS) is 10.6. The molecule has 0 unspecified atom stereocenters. The third-order valence-corrected chi connectivity index (χ3v) is 3.95. The number of rotatable bonds is 6. The second-order valence-electron chi connectivity index (χ2n) is 4.61. The predicted molar refractivity (Wildman–Crippen MR) is 86.6 cm³/mol. The first kappa shape index (κ1) is 15.0. The fourth-order valence-corrected chi connectivity index (χ4v) is 2.65. The molecule has 106 valence electrons. The molecule has 0 amide bonds. The molecule has 2 aromatic carbocycles. The van der Waals surface area contributed by atoms with Crippen LogP contribution in [0.3, 0.4) is 0 Å². The average molecular weight is 335 g/mol. The largest absolute Gasteiger partial charge is 0.395 e. The Morgan fingerprint density at radius 2 is 1.85 bits per heavy atom. The predicted octanol–water partition coefficient (Wildman–Crippen LogP) is 2.91. The van der Waals surface area contributed by atoms with Crippen LogP contribution in [-0.2, 0) is 13.1 Å². The van der Waals surface area contributed by atoms with E-state index in [1.165, 1.54) is 5.56 Å². The van der Waals surface area contributed by atoms with Crippen LogP contribution in [0.15, 0.2) is 53.0 Å².